The van der Waals surface area contributed by atoms with Gasteiger partial charge in [0.25, 0.3) is 5.91 Å². The molecule has 0 fully saturated rings. The molecule has 0 aliphatic rings. The van der Waals surface area contributed by atoms with Crippen LogP contribution in [0.1, 0.15) is 42.1 Å². The number of rotatable bonds is 12. The maximum absolute atomic E-state index is 12.4. The summed E-state index contributed by atoms with van der Waals surface area (Å²) in [6.07, 6.45) is 6.82. The second kappa shape index (κ2) is 12.4. The van der Waals surface area contributed by atoms with Gasteiger partial charge in [-0.2, -0.15) is 0 Å². The van der Waals surface area contributed by atoms with Crippen molar-refractivity contribution >= 4 is 12.2 Å². The van der Waals surface area contributed by atoms with E-state index in [9.17, 15) is 9.59 Å². The second-order valence-electron chi connectivity index (χ2n) is 5.43. The van der Waals surface area contributed by atoms with Gasteiger partial charge in [-0.05, 0) is 37.8 Å². The highest BCUT2D eigenvalue weighted by Gasteiger charge is 2.15. The Hall–Kier alpha value is -1.98. The first kappa shape index (κ1) is 20.1. The summed E-state index contributed by atoms with van der Waals surface area (Å²) in [5.41, 5.74) is 1.36. The van der Waals surface area contributed by atoms with Gasteiger partial charge in [0.2, 0.25) is 0 Å². The third-order valence-electron chi connectivity index (χ3n) is 3.51. The first-order valence-electron chi connectivity index (χ1n) is 8.24. The van der Waals surface area contributed by atoms with Crippen LogP contribution < -0.4 is 5.32 Å². The molecule has 1 rings (SSSR count). The molecule has 0 heterocycles. The first-order valence-corrected chi connectivity index (χ1v) is 8.24. The Labute approximate surface area is 144 Å². The molecule has 0 aliphatic carbocycles. The highest BCUT2D eigenvalue weighted by atomic mass is 16.5. The molecule has 0 spiro atoms. The number of methoxy groups -OCH3 is 1. The van der Waals surface area contributed by atoms with E-state index in [-0.39, 0.29) is 5.91 Å². The van der Waals surface area contributed by atoms with E-state index in [1.165, 1.54) is 0 Å². The molecule has 0 aliphatic heterocycles. The number of carbonyl (C=O) groups is 2. The van der Waals surface area contributed by atoms with Crippen LogP contribution in [0.4, 0.5) is 0 Å². The van der Waals surface area contributed by atoms with Gasteiger partial charge in [-0.3, -0.25) is 4.79 Å². The number of ether oxygens (including phenoxy) is 2. The number of hydrogen-bond acceptors (Lipinski definition) is 4. The van der Waals surface area contributed by atoms with Crippen molar-refractivity contribution in [3.8, 4) is 0 Å². The van der Waals surface area contributed by atoms with Crippen molar-refractivity contribution in [2.75, 3.05) is 20.3 Å². The van der Waals surface area contributed by atoms with Gasteiger partial charge in [0.15, 0.2) is 0 Å². The normalized spacial score (nSPS) is 12.2. The van der Waals surface area contributed by atoms with Crippen LogP contribution in [0.2, 0.25) is 0 Å². The van der Waals surface area contributed by atoms with Gasteiger partial charge in [0.05, 0.1) is 12.6 Å². The topological polar surface area (TPSA) is 64.6 Å². The Morgan fingerprint density at radius 1 is 1.25 bits per heavy atom. The van der Waals surface area contributed by atoms with E-state index >= 15 is 0 Å². The molecule has 0 saturated heterocycles. The minimum atomic E-state index is -0.517. The van der Waals surface area contributed by atoms with Gasteiger partial charge in [0.1, 0.15) is 6.29 Å². The quantitative estimate of drug-likeness (QED) is 0.363. The Morgan fingerprint density at radius 3 is 2.71 bits per heavy atom. The van der Waals surface area contributed by atoms with Crippen molar-refractivity contribution < 1.29 is 19.1 Å². The third-order valence-corrected chi connectivity index (χ3v) is 3.51. The van der Waals surface area contributed by atoms with Crippen molar-refractivity contribution in [3.63, 3.8) is 0 Å². The molecule has 0 unspecified atom stereocenters. The second-order valence-corrected chi connectivity index (χ2v) is 5.43. The fourth-order valence-electron chi connectivity index (χ4n) is 2.18. The Bertz CT molecular complexity index is 528. The summed E-state index contributed by atoms with van der Waals surface area (Å²) in [5, 5.41) is 2.75. The Morgan fingerprint density at radius 2 is 2.00 bits per heavy atom. The molecule has 0 saturated carbocycles. The molecular weight excluding hydrogens is 306 g/mol. The number of nitrogens with one attached hydrogen (secondary N) is 1. The summed E-state index contributed by atoms with van der Waals surface area (Å²) in [6.45, 7) is 3.60. The number of benzene rings is 1. The summed E-state index contributed by atoms with van der Waals surface area (Å²) < 4.78 is 10.6. The van der Waals surface area contributed by atoms with Crippen LogP contribution in [0, 0.1) is 0 Å². The standard InChI is InChI=1S/C19H27NO4/c1-3-4-10-17(14-21)20-19(22)18-11-6-5-9-16(18)15-24-13-8-7-12-23-2/h3-6,9,11,14,17H,7-8,10,12-13,15H2,1-2H3,(H,20,22)/b4-3-/t17-/m0/s1. The van der Waals surface area contributed by atoms with Gasteiger partial charge < -0.3 is 19.6 Å². The molecule has 1 aromatic rings. The van der Waals surface area contributed by atoms with Gasteiger partial charge in [-0.1, -0.05) is 30.4 Å². The van der Waals surface area contributed by atoms with Gasteiger partial charge in [-0.15, -0.1) is 0 Å². The number of unbranched alkanes of at least 4 members (excludes halogenated alkanes) is 1. The van der Waals surface area contributed by atoms with Crippen LogP contribution in [0.15, 0.2) is 36.4 Å². The molecule has 5 heteroatoms. The summed E-state index contributed by atoms with van der Waals surface area (Å²) in [7, 11) is 1.68. The molecule has 1 aromatic carbocycles. The van der Waals surface area contributed by atoms with E-state index in [2.05, 4.69) is 5.32 Å². The van der Waals surface area contributed by atoms with Crippen LogP contribution in [0.3, 0.4) is 0 Å². The average molecular weight is 333 g/mol. The molecule has 1 N–H and O–H groups in total. The number of carbonyl (C=O) groups excluding carboxylic acids is 2. The molecule has 24 heavy (non-hydrogen) atoms. The number of amides is 1. The van der Waals surface area contributed by atoms with Crippen LogP contribution in [-0.4, -0.2) is 38.6 Å². The van der Waals surface area contributed by atoms with E-state index in [0.29, 0.717) is 25.2 Å². The molecule has 0 radical (unpaired) electrons. The SMILES string of the molecule is C/C=C\C[C@@H](C=O)NC(=O)c1ccccc1COCCCCOC. The lowest BCUT2D eigenvalue weighted by Crippen LogP contribution is -2.36. The van der Waals surface area contributed by atoms with Crippen LogP contribution in [0.5, 0.6) is 0 Å². The van der Waals surface area contributed by atoms with Crippen molar-refractivity contribution in [2.24, 2.45) is 0 Å². The van der Waals surface area contributed by atoms with E-state index in [4.69, 9.17) is 9.47 Å². The average Bonchev–Trinajstić information content (AvgIpc) is 2.61. The van der Waals surface area contributed by atoms with Crippen LogP contribution in [0.25, 0.3) is 0 Å². The lowest BCUT2D eigenvalue weighted by atomic mass is 10.1. The zero-order valence-electron chi connectivity index (χ0n) is 14.5. The minimum Gasteiger partial charge on any atom is -0.385 e. The monoisotopic (exact) mass is 333 g/mol. The largest absolute Gasteiger partial charge is 0.385 e. The smallest absolute Gasteiger partial charge is 0.252 e. The van der Waals surface area contributed by atoms with Crippen molar-refractivity contribution in [2.45, 2.75) is 38.8 Å². The lowest BCUT2D eigenvalue weighted by molar-refractivity contribution is -0.109. The molecule has 132 valence electrons. The van der Waals surface area contributed by atoms with Crippen molar-refractivity contribution in [1.82, 2.24) is 5.32 Å². The zero-order chi connectivity index (χ0) is 17.6. The Balaban J connectivity index is 2.57. The third kappa shape index (κ3) is 7.53. The summed E-state index contributed by atoms with van der Waals surface area (Å²) in [4.78, 5) is 23.5. The van der Waals surface area contributed by atoms with E-state index in [0.717, 1.165) is 31.3 Å². The number of allylic oxidation sites excluding steroid dienone is 1. The number of hydrogen-bond donors (Lipinski definition) is 1. The van der Waals surface area contributed by atoms with Gasteiger partial charge >= 0.3 is 0 Å². The first-order chi connectivity index (χ1) is 11.7. The summed E-state index contributed by atoms with van der Waals surface area (Å²) >= 11 is 0. The maximum Gasteiger partial charge on any atom is 0.252 e. The summed E-state index contributed by atoms with van der Waals surface area (Å²) in [5.74, 6) is -0.254. The maximum atomic E-state index is 12.4. The van der Waals surface area contributed by atoms with Crippen molar-refractivity contribution in [3.05, 3.63) is 47.5 Å². The van der Waals surface area contributed by atoms with E-state index < -0.39 is 6.04 Å². The lowest BCUT2D eigenvalue weighted by Gasteiger charge is -2.14. The van der Waals surface area contributed by atoms with Gasteiger partial charge in [0, 0.05) is 25.9 Å². The van der Waals surface area contributed by atoms with Crippen molar-refractivity contribution in [1.29, 1.82) is 0 Å². The van der Waals surface area contributed by atoms with Crippen LogP contribution in [-0.2, 0) is 20.9 Å². The minimum absolute atomic E-state index is 0.254. The van der Waals surface area contributed by atoms with E-state index in [1.807, 2.05) is 31.2 Å². The fourth-order valence-corrected chi connectivity index (χ4v) is 2.18. The molecule has 5 nitrogen and oxygen atoms in total. The fraction of sp³-hybridized carbons (Fsp3) is 0.474. The predicted octanol–water partition coefficient (Wildman–Crippen LogP) is 2.89. The summed E-state index contributed by atoms with van der Waals surface area (Å²) in [6, 6.07) is 6.77. The highest BCUT2D eigenvalue weighted by Crippen LogP contribution is 2.11. The molecular formula is C19H27NO4. The van der Waals surface area contributed by atoms with Crippen LogP contribution >= 0.6 is 0 Å². The highest BCUT2D eigenvalue weighted by molar-refractivity contribution is 5.97. The molecule has 0 aromatic heterocycles. The molecule has 1 atom stereocenters. The zero-order valence-corrected chi connectivity index (χ0v) is 14.5. The van der Waals surface area contributed by atoms with E-state index in [1.54, 1.807) is 19.2 Å². The number of aldehydes is 1. The molecule has 0 bridgehead atoms. The Kier molecular flexibility index (Phi) is 10.4. The van der Waals surface area contributed by atoms with Gasteiger partial charge in [-0.25, -0.2) is 0 Å². The molecule has 1 amide bonds. The predicted molar refractivity (Wildman–Crippen MR) is 94.0 cm³/mol.